The van der Waals surface area contributed by atoms with E-state index in [1.54, 1.807) is 10.7 Å². The Bertz CT molecular complexity index is 848. The van der Waals surface area contributed by atoms with E-state index < -0.39 is 0 Å². The standard InChI is InChI=1S/C18H20N4OS/c1-4-13-6-8-14(9-7-13)15-11-24-18(19-15)20-17(23)16-10-12(3)21-22(16)5-2/h6-11H,4-5H2,1-3H3,(H,19,20,23). The Morgan fingerprint density at radius 3 is 2.67 bits per heavy atom. The summed E-state index contributed by atoms with van der Waals surface area (Å²) in [5.41, 5.74) is 4.61. The summed E-state index contributed by atoms with van der Waals surface area (Å²) in [6.45, 7) is 6.63. The first kappa shape index (κ1) is 16.4. The number of aryl methyl sites for hydroxylation is 3. The molecule has 0 saturated carbocycles. The molecule has 2 aromatic heterocycles. The zero-order chi connectivity index (χ0) is 17.1. The average molecular weight is 340 g/mol. The number of aromatic nitrogens is 3. The van der Waals surface area contributed by atoms with E-state index in [-0.39, 0.29) is 5.91 Å². The smallest absolute Gasteiger partial charge is 0.275 e. The lowest BCUT2D eigenvalue weighted by Gasteiger charge is -2.04. The van der Waals surface area contributed by atoms with Crippen LogP contribution in [0.25, 0.3) is 11.3 Å². The van der Waals surface area contributed by atoms with Gasteiger partial charge in [-0.05, 0) is 31.9 Å². The first-order chi connectivity index (χ1) is 11.6. The van der Waals surface area contributed by atoms with E-state index in [9.17, 15) is 4.79 Å². The monoisotopic (exact) mass is 340 g/mol. The lowest BCUT2D eigenvalue weighted by atomic mass is 10.1. The number of nitrogens with one attached hydrogen (secondary N) is 1. The van der Waals surface area contributed by atoms with E-state index in [1.807, 2.05) is 19.2 Å². The summed E-state index contributed by atoms with van der Waals surface area (Å²) in [7, 11) is 0. The number of hydrogen-bond acceptors (Lipinski definition) is 4. The van der Waals surface area contributed by atoms with Gasteiger partial charge in [0.05, 0.1) is 11.4 Å². The van der Waals surface area contributed by atoms with Gasteiger partial charge < -0.3 is 0 Å². The Balaban J connectivity index is 1.76. The van der Waals surface area contributed by atoms with Crippen molar-refractivity contribution in [3.8, 4) is 11.3 Å². The van der Waals surface area contributed by atoms with Gasteiger partial charge in [-0.3, -0.25) is 14.8 Å². The van der Waals surface area contributed by atoms with Crippen molar-refractivity contribution in [2.75, 3.05) is 5.32 Å². The fraction of sp³-hybridized carbons (Fsp3) is 0.278. The fourth-order valence-electron chi connectivity index (χ4n) is 2.51. The molecule has 1 amide bonds. The van der Waals surface area contributed by atoms with Crippen LogP contribution in [0.15, 0.2) is 35.7 Å². The molecule has 0 fully saturated rings. The summed E-state index contributed by atoms with van der Waals surface area (Å²) >= 11 is 1.42. The van der Waals surface area contributed by atoms with Crippen molar-refractivity contribution in [3.05, 3.63) is 52.7 Å². The van der Waals surface area contributed by atoms with E-state index >= 15 is 0 Å². The molecule has 1 aromatic carbocycles. The van der Waals surface area contributed by atoms with Crippen LogP contribution in [-0.2, 0) is 13.0 Å². The third kappa shape index (κ3) is 3.38. The molecule has 2 heterocycles. The molecule has 0 aliphatic carbocycles. The van der Waals surface area contributed by atoms with Gasteiger partial charge in [0.15, 0.2) is 5.13 Å². The predicted octanol–water partition coefficient (Wildman–Crippen LogP) is 4.15. The normalized spacial score (nSPS) is 10.8. The van der Waals surface area contributed by atoms with Crippen molar-refractivity contribution < 1.29 is 4.79 Å². The maximum atomic E-state index is 12.4. The molecule has 3 rings (SSSR count). The largest absolute Gasteiger partial charge is 0.296 e. The Kier molecular flexibility index (Phi) is 4.76. The summed E-state index contributed by atoms with van der Waals surface area (Å²) in [5, 5.41) is 9.72. The van der Waals surface area contributed by atoms with Gasteiger partial charge in [0.1, 0.15) is 5.69 Å². The van der Waals surface area contributed by atoms with Gasteiger partial charge in [-0.15, -0.1) is 11.3 Å². The third-order valence-electron chi connectivity index (χ3n) is 3.82. The van der Waals surface area contributed by atoms with E-state index in [0.717, 1.165) is 23.4 Å². The molecule has 0 spiro atoms. The minimum atomic E-state index is -0.181. The number of carbonyl (C=O) groups excluding carboxylic acids is 1. The highest BCUT2D eigenvalue weighted by Crippen LogP contribution is 2.25. The second-order valence-electron chi connectivity index (χ2n) is 5.53. The lowest BCUT2D eigenvalue weighted by Crippen LogP contribution is -2.17. The summed E-state index contributed by atoms with van der Waals surface area (Å²) in [4.78, 5) is 17.0. The van der Waals surface area contributed by atoms with Crippen LogP contribution in [0.2, 0.25) is 0 Å². The molecule has 0 bridgehead atoms. The first-order valence-corrected chi connectivity index (χ1v) is 8.89. The maximum absolute atomic E-state index is 12.4. The minimum absolute atomic E-state index is 0.181. The quantitative estimate of drug-likeness (QED) is 0.759. The molecule has 24 heavy (non-hydrogen) atoms. The van der Waals surface area contributed by atoms with Gasteiger partial charge in [0.25, 0.3) is 5.91 Å². The van der Waals surface area contributed by atoms with Crippen LogP contribution < -0.4 is 5.32 Å². The van der Waals surface area contributed by atoms with Crippen molar-refractivity contribution in [1.82, 2.24) is 14.8 Å². The molecule has 6 heteroatoms. The number of amides is 1. The molecule has 3 aromatic rings. The van der Waals surface area contributed by atoms with E-state index in [1.165, 1.54) is 16.9 Å². The highest BCUT2D eigenvalue weighted by Gasteiger charge is 2.15. The Labute approximate surface area is 145 Å². The molecular formula is C18H20N4OS. The molecule has 0 aliphatic heterocycles. The molecule has 5 nitrogen and oxygen atoms in total. The Morgan fingerprint density at radius 2 is 2.00 bits per heavy atom. The maximum Gasteiger partial charge on any atom is 0.275 e. The molecule has 0 aliphatic rings. The summed E-state index contributed by atoms with van der Waals surface area (Å²) in [6, 6.07) is 10.1. The predicted molar refractivity (Wildman–Crippen MR) is 97.5 cm³/mol. The molecule has 0 atom stereocenters. The van der Waals surface area contributed by atoms with Crippen LogP contribution >= 0.6 is 11.3 Å². The summed E-state index contributed by atoms with van der Waals surface area (Å²) in [6.07, 6.45) is 1.02. The number of carbonyl (C=O) groups is 1. The van der Waals surface area contributed by atoms with Gasteiger partial charge in [0, 0.05) is 17.5 Å². The summed E-state index contributed by atoms with van der Waals surface area (Å²) in [5.74, 6) is -0.181. The van der Waals surface area contributed by atoms with E-state index in [0.29, 0.717) is 17.4 Å². The number of nitrogens with zero attached hydrogens (tertiary/aromatic N) is 3. The lowest BCUT2D eigenvalue weighted by molar-refractivity contribution is 0.101. The molecule has 0 unspecified atom stereocenters. The number of anilines is 1. The Hall–Kier alpha value is -2.47. The molecule has 0 radical (unpaired) electrons. The molecule has 124 valence electrons. The van der Waals surface area contributed by atoms with E-state index in [4.69, 9.17) is 0 Å². The molecular weight excluding hydrogens is 320 g/mol. The van der Waals surface area contributed by atoms with Crippen molar-refractivity contribution in [3.63, 3.8) is 0 Å². The first-order valence-electron chi connectivity index (χ1n) is 8.01. The number of thiazole rings is 1. The Morgan fingerprint density at radius 1 is 1.25 bits per heavy atom. The van der Waals surface area contributed by atoms with E-state index in [2.05, 4.69) is 46.6 Å². The molecule has 0 saturated heterocycles. The zero-order valence-electron chi connectivity index (χ0n) is 14.0. The number of benzene rings is 1. The van der Waals surface area contributed by atoms with Crippen LogP contribution in [0.1, 0.15) is 35.6 Å². The number of hydrogen-bond donors (Lipinski definition) is 1. The summed E-state index contributed by atoms with van der Waals surface area (Å²) < 4.78 is 1.70. The van der Waals surface area contributed by atoms with Crippen molar-refractivity contribution in [2.45, 2.75) is 33.7 Å². The van der Waals surface area contributed by atoms with Crippen LogP contribution in [0.3, 0.4) is 0 Å². The fourth-order valence-corrected chi connectivity index (χ4v) is 3.22. The van der Waals surface area contributed by atoms with Gasteiger partial charge in [-0.25, -0.2) is 4.98 Å². The van der Waals surface area contributed by atoms with Gasteiger partial charge in [0.2, 0.25) is 0 Å². The van der Waals surface area contributed by atoms with Crippen LogP contribution in [0, 0.1) is 6.92 Å². The molecule has 1 N–H and O–H groups in total. The highest BCUT2D eigenvalue weighted by molar-refractivity contribution is 7.14. The van der Waals surface area contributed by atoms with Crippen molar-refractivity contribution in [1.29, 1.82) is 0 Å². The second-order valence-corrected chi connectivity index (χ2v) is 6.39. The third-order valence-corrected chi connectivity index (χ3v) is 4.57. The number of rotatable bonds is 5. The zero-order valence-corrected chi connectivity index (χ0v) is 14.9. The SMILES string of the molecule is CCc1ccc(-c2csc(NC(=O)c3cc(C)nn3CC)n2)cc1. The van der Waals surface area contributed by atoms with Crippen LogP contribution in [0.4, 0.5) is 5.13 Å². The topological polar surface area (TPSA) is 59.8 Å². The van der Waals surface area contributed by atoms with Gasteiger partial charge >= 0.3 is 0 Å². The average Bonchev–Trinajstić information content (AvgIpc) is 3.21. The van der Waals surface area contributed by atoms with Crippen LogP contribution in [-0.4, -0.2) is 20.7 Å². The second kappa shape index (κ2) is 6.97. The van der Waals surface area contributed by atoms with Crippen LogP contribution in [0.5, 0.6) is 0 Å². The van der Waals surface area contributed by atoms with Gasteiger partial charge in [-0.2, -0.15) is 5.10 Å². The van der Waals surface area contributed by atoms with Crippen molar-refractivity contribution in [2.24, 2.45) is 0 Å². The van der Waals surface area contributed by atoms with Crippen molar-refractivity contribution >= 4 is 22.4 Å². The van der Waals surface area contributed by atoms with Gasteiger partial charge in [-0.1, -0.05) is 31.2 Å². The minimum Gasteiger partial charge on any atom is -0.296 e. The highest BCUT2D eigenvalue weighted by atomic mass is 32.1.